The van der Waals surface area contributed by atoms with Gasteiger partial charge in [-0.05, 0) is 12.8 Å². The SMILES string of the molecule is CCCCOC1C=CC=CC1. The summed E-state index contributed by atoms with van der Waals surface area (Å²) in [6.07, 6.45) is 12.2. The largest absolute Gasteiger partial charge is 0.374 e. The maximum absolute atomic E-state index is 5.59. The summed E-state index contributed by atoms with van der Waals surface area (Å²) in [4.78, 5) is 0. The predicted molar refractivity (Wildman–Crippen MR) is 47.5 cm³/mol. The van der Waals surface area contributed by atoms with Gasteiger partial charge in [0.25, 0.3) is 0 Å². The predicted octanol–water partition coefficient (Wildman–Crippen LogP) is 2.69. The summed E-state index contributed by atoms with van der Waals surface area (Å²) in [6.45, 7) is 3.08. The molecule has 0 saturated heterocycles. The van der Waals surface area contributed by atoms with Crippen LogP contribution in [0.15, 0.2) is 24.3 Å². The van der Waals surface area contributed by atoms with Crippen molar-refractivity contribution in [3.8, 4) is 0 Å². The Kier molecular flexibility index (Phi) is 3.99. The van der Waals surface area contributed by atoms with Crippen LogP contribution in [0.3, 0.4) is 0 Å². The molecule has 0 amide bonds. The van der Waals surface area contributed by atoms with Crippen LogP contribution in [0.2, 0.25) is 0 Å². The van der Waals surface area contributed by atoms with Crippen LogP contribution in [0.25, 0.3) is 0 Å². The number of allylic oxidation sites excluding steroid dienone is 2. The Balaban J connectivity index is 2.07. The molecule has 0 fully saturated rings. The van der Waals surface area contributed by atoms with E-state index in [1.807, 2.05) is 0 Å². The standard InChI is InChI=1S/C10H16O/c1-2-3-9-11-10-7-5-4-6-8-10/h4-7,10H,2-3,8-9H2,1H3. The van der Waals surface area contributed by atoms with Gasteiger partial charge in [0.1, 0.15) is 0 Å². The highest BCUT2D eigenvalue weighted by Crippen LogP contribution is 2.07. The second-order valence-electron chi connectivity index (χ2n) is 2.81. The molecule has 1 heteroatoms. The molecule has 62 valence electrons. The van der Waals surface area contributed by atoms with E-state index in [0.29, 0.717) is 6.10 Å². The molecule has 1 aliphatic rings. The normalized spacial score (nSPS) is 22.5. The van der Waals surface area contributed by atoms with Crippen molar-refractivity contribution >= 4 is 0 Å². The fourth-order valence-electron chi connectivity index (χ4n) is 1.06. The summed E-state index contributed by atoms with van der Waals surface area (Å²) in [6, 6.07) is 0. The quantitative estimate of drug-likeness (QED) is 0.563. The first kappa shape index (κ1) is 8.54. The molecule has 1 aliphatic carbocycles. The Bertz CT molecular complexity index is 147. The molecule has 1 unspecified atom stereocenters. The van der Waals surface area contributed by atoms with Gasteiger partial charge in [-0.2, -0.15) is 0 Å². The molecular weight excluding hydrogens is 136 g/mol. The topological polar surface area (TPSA) is 9.23 Å². The minimum absolute atomic E-state index is 0.339. The number of rotatable bonds is 4. The zero-order valence-electron chi connectivity index (χ0n) is 7.12. The Labute approximate surface area is 68.8 Å². The molecule has 1 nitrogen and oxygen atoms in total. The van der Waals surface area contributed by atoms with Gasteiger partial charge in [-0.1, -0.05) is 37.6 Å². The van der Waals surface area contributed by atoms with Gasteiger partial charge < -0.3 is 4.74 Å². The molecule has 0 radical (unpaired) electrons. The van der Waals surface area contributed by atoms with Crippen molar-refractivity contribution in [2.75, 3.05) is 6.61 Å². The zero-order valence-corrected chi connectivity index (χ0v) is 7.12. The van der Waals surface area contributed by atoms with Crippen LogP contribution in [0.5, 0.6) is 0 Å². The first-order valence-electron chi connectivity index (χ1n) is 4.38. The van der Waals surface area contributed by atoms with Crippen molar-refractivity contribution in [2.45, 2.75) is 32.3 Å². The molecule has 0 saturated carbocycles. The van der Waals surface area contributed by atoms with Gasteiger partial charge in [-0.15, -0.1) is 0 Å². The molecule has 0 spiro atoms. The number of unbranched alkanes of at least 4 members (excludes halogenated alkanes) is 1. The van der Waals surface area contributed by atoms with E-state index in [4.69, 9.17) is 4.74 Å². The minimum Gasteiger partial charge on any atom is -0.374 e. The van der Waals surface area contributed by atoms with Crippen LogP contribution >= 0.6 is 0 Å². The van der Waals surface area contributed by atoms with E-state index < -0.39 is 0 Å². The third kappa shape index (κ3) is 3.38. The van der Waals surface area contributed by atoms with Crippen LogP contribution in [-0.2, 0) is 4.74 Å². The van der Waals surface area contributed by atoms with E-state index in [1.54, 1.807) is 0 Å². The van der Waals surface area contributed by atoms with Gasteiger partial charge >= 0.3 is 0 Å². The molecule has 0 aromatic rings. The molecular formula is C10H16O. The van der Waals surface area contributed by atoms with E-state index in [-0.39, 0.29) is 0 Å². The van der Waals surface area contributed by atoms with Gasteiger partial charge in [-0.3, -0.25) is 0 Å². The maximum Gasteiger partial charge on any atom is 0.0793 e. The van der Waals surface area contributed by atoms with E-state index in [9.17, 15) is 0 Å². The first-order valence-corrected chi connectivity index (χ1v) is 4.38. The summed E-state index contributed by atoms with van der Waals surface area (Å²) in [5, 5.41) is 0. The van der Waals surface area contributed by atoms with Crippen LogP contribution in [0, 0.1) is 0 Å². The maximum atomic E-state index is 5.59. The minimum atomic E-state index is 0.339. The zero-order chi connectivity index (χ0) is 7.94. The molecule has 0 aliphatic heterocycles. The van der Waals surface area contributed by atoms with Gasteiger partial charge in [0.05, 0.1) is 6.10 Å². The van der Waals surface area contributed by atoms with Gasteiger partial charge in [0.15, 0.2) is 0 Å². The third-order valence-electron chi connectivity index (χ3n) is 1.77. The second-order valence-corrected chi connectivity index (χ2v) is 2.81. The molecule has 1 atom stereocenters. The van der Waals surface area contributed by atoms with E-state index in [0.717, 1.165) is 13.0 Å². The van der Waals surface area contributed by atoms with Gasteiger partial charge in [0, 0.05) is 6.61 Å². The monoisotopic (exact) mass is 152 g/mol. The lowest BCUT2D eigenvalue weighted by atomic mass is 10.1. The second kappa shape index (κ2) is 5.14. The van der Waals surface area contributed by atoms with Crippen molar-refractivity contribution in [2.24, 2.45) is 0 Å². The summed E-state index contributed by atoms with van der Waals surface area (Å²) < 4.78 is 5.59. The van der Waals surface area contributed by atoms with E-state index in [1.165, 1.54) is 12.8 Å². The highest BCUT2D eigenvalue weighted by atomic mass is 16.5. The van der Waals surface area contributed by atoms with Crippen molar-refractivity contribution in [1.82, 2.24) is 0 Å². The molecule has 0 N–H and O–H groups in total. The lowest BCUT2D eigenvalue weighted by Gasteiger charge is -2.13. The lowest BCUT2D eigenvalue weighted by Crippen LogP contribution is -2.10. The number of hydrogen-bond acceptors (Lipinski definition) is 1. The van der Waals surface area contributed by atoms with E-state index >= 15 is 0 Å². The molecule has 0 heterocycles. The molecule has 11 heavy (non-hydrogen) atoms. The van der Waals surface area contributed by atoms with Crippen LogP contribution in [0.1, 0.15) is 26.2 Å². The van der Waals surface area contributed by atoms with Gasteiger partial charge in [0.2, 0.25) is 0 Å². The van der Waals surface area contributed by atoms with Crippen molar-refractivity contribution in [1.29, 1.82) is 0 Å². The average molecular weight is 152 g/mol. The molecule has 0 aromatic carbocycles. The average Bonchev–Trinajstić information content (AvgIpc) is 2.07. The van der Waals surface area contributed by atoms with Gasteiger partial charge in [-0.25, -0.2) is 0 Å². The summed E-state index contributed by atoms with van der Waals surface area (Å²) in [7, 11) is 0. The van der Waals surface area contributed by atoms with Crippen molar-refractivity contribution < 1.29 is 4.74 Å². The van der Waals surface area contributed by atoms with Crippen LogP contribution in [0.4, 0.5) is 0 Å². The Morgan fingerprint density at radius 2 is 2.36 bits per heavy atom. The molecule has 0 bridgehead atoms. The third-order valence-corrected chi connectivity index (χ3v) is 1.77. The Hall–Kier alpha value is -0.560. The Morgan fingerprint density at radius 3 is 3.00 bits per heavy atom. The smallest absolute Gasteiger partial charge is 0.0793 e. The molecule has 0 aromatic heterocycles. The fourth-order valence-corrected chi connectivity index (χ4v) is 1.06. The Morgan fingerprint density at radius 1 is 1.45 bits per heavy atom. The number of ether oxygens (including phenoxy) is 1. The highest BCUT2D eigenvalue weighted by Gasteiger charge is 2.03. The molecule has 1 rings (SSSR count). The highest BCUT2D eigenvalue weighted by molar-refractivity contribution is 5.11. The van der Waals surface area contributed by atoms with Crippen molar-refractivity contribution in [3.05, 3.63) is 24.3 Å². The summed E-state index contributed by atoms with van der Waals surface area (Å²) in [5.41, 5.74) is 0. The van der Waals surface area contributed by atoms with E-state index in [2.05, 4.69) is 31.2 Å². The lowest BCUT2D eigenvalue weighted by molar-refractivity contribution is 0.0842. The number of hydrogen-bond donors (Lipinski definition) is 0. The van der Waals surface area contributed by atoms with Crippen LogP contribution in [-0.4, -0.2) is 12.7 Å². The first-order chi connectivity index (χ1) is 5.43. The van der Waals surface area contributed by atoms with Crippen molar-refractivity contribution in [3.63, 3.8) is 0 Å². The summed E-state index contributed by atoms with van der Waals surface area (Å²) in [5.74, 6) is 0. The summed E-state index contributed by atoms with van der Waals surface area (Å²) >= 11 is 0. The van der Waals surface area contributed by atoms with Crippen LogP contribution < -0.4 is 0 Å². The fraction of sp³-hybridized carbons (Fsp3) is 0.600.